The molecule has 0 radical (unpaired) electrons. The van der Waals surface area contributed by atoms with E-state index in [1.807, 2.05) is 0 Å². The number of amides is 1. The van der Waals surface area contributed by atoms with Crippen molar-refractivity contribution >= 4 is 35.8 Å². The molecule has 0 aromatic heterocycles. The van der Waals surface area contributed by atoms with Gasteiger partial charge in [-0.15, -0.1) is 37.1 Å². The van der Waals surface area contributed by atoms with Crippen LogP contribution in [0.3, 0.4) is 0 Å². The van der Waals surface area contributed by atoms with Gasteiger partial charge in [0, 0.05) is 13.1 Å². The number of ether oxygens (including phenoxy) is 2. The highest BCUT2D eigenvalue weighted by Crippen LogP contribution is 2.22. The number of carbonyl (C=O) groups is 1. The first kappa shape index (κ1) is 22.3. The standard InChI is InChI=1S/C15H19F3N4O3.HI/c16-15(17,18)25-12-3-1-11(2-4-12)9-20-14(19)21-10-13(23)22-5-7-24-8-6-22;/h1-4H,5-10H2,(H3,19,20,21);1H. The Labute approximate surface area is 165 Å². The number of rotatable bonds is 5. The molecule has 1 aliphatic heterocycles. The molecule has 1 saturated heterocycles. The van der Waals surface area contributed by atoms with Gasteiger partial charge in [-0.25, -0.2) is 4.99 Å². The van der Waals surface area contributed by atoms with Gasteiger partial charge in [0.25, 0.3) is 0 Å². The number of morpholine rings is 1. The van der Waals surface area contributed by atoms with Crippen LogP contribution >= 0.6 is 24.0 Å². The number of nitrogens with zero attached hydrogens (tertiary/aromatic N) is 2. The van der Waals surface area contributed by atoms with Crippen LogP contribution in [-0.4, -0.2) is 56.0 Å². The Kier molecular flexibility index (Phi) is 8.92. The maximum Gasteiger partial charge on any atom is 0.573 e. The van der Waals surface area contributed by atoms with Gasteiger partial charge < -0.3 is 25.4 Å². The fourth-order valence-corrected chi connectivity index (χ4v) is 2.12. The molecule has 0 spiro atoms. The van der Waals surface area contributed by atoms with Gasteiger partial charge in [-0.1, -0.05) is 12.1 Å². The summed E-state index contributed by atoms with van der Waals surface area (Å²) >= 11 is 0. The van der Waals surface area contributed by atoms with Crippen molar-refractivity contribution in [2.45, 2.75) is 12.9 Å². The molecule has 0 aliphatic carbocycles. The van der Waals surface area contributed by atoms with E-state index in [1.165, 1.54) is 24.3 Å². The van der Waals surface area contributed by atoms with Crippen LogP contribution < -0.4 is 15.8 Å². The summed E-state index contributed by atoms with van der Waals surface area (Å²) in [7, 11) is 0. The highest BCUT2D eigenvalue weighted by atomic mass is 127. The van der Waals surface area contributed by atoms with E-state index in [-0.39, 0.29) is 54.7 Å². The van der Waals surface area contributed by atoms with Gasteiger partial charge in [0.2, 0.25) is 5.91 Å². The molecular formula is C15H20F3IN4O3. The Morgan fingerprint density at radius 2 is 1.88 bits per heavy atom. The summed E-state index contributed by atoms with van der Waals surface area (Å²) in [4.78, 5) is 17.6. The van der Waals surface area contributed by atoms with E-state index in [9.17, 15) is 18.0 Å². The third kappa shape index (κ3) is 8.08. The number of nitrogens with two attached hydrogens (primary N) is 1. The number of guanidine groups is 1. The normalized spacial score (nSPS) is 15.2. The van der Waals surface area contributed by atoms with E-state index in [2.05, 4.69) is 15.0 Å². The van der Waals surface area contributed by atoms with Gasteiger partial charge in [-0.2, -0.15) is 0 Å². The number of hydrogen-bond acceptors (Lipinski definition) is 4. The van der Waals surface area contributed by atoms with Crippen molar-refractivity contribution in [2.75, 3.05) is 32.8 Å². The summed E-state index contributed by atoms with van der Waals surface area (Å²) in [5.74, 6) is -0.324. The molecule has 0 unspecified atom stereocenters. The van der Waals surface area contributed by atoms with Crippen LogP contribution in [0, 0.1) is 0 Å². The molecule has 1 heterocycles. The minimum absolute atomic E-state index is 0. The Bertz CT molecular complexity index is 605. The van der Waals surface area contributed by atoms with Gasteiger partial charge in [-0.3, -0.25) is 4.79 Å². The van der Waals surface area contributed by atoms with Crippen molar-refractivity contribution in [1.82, 2.24) is 10.2 Å². The summed E-state index contributed by atoms with van der Waals surface area (Å²) in [6.07, 6.45) is -4.72. The van der Waals surface area contributed by atoms with Gasteiger partial charge in [0.15, 0.2) is 5.96 Å². The highest BCUT2D eigenvalue weighted by molar-refractivity contribution is 14.0. The number of benzene rings is 1. The Morgan fingerprint density at radius 1 is 1.27 bits per heavy atom. The van der Waals surface area contributed by atoms with Gasteiger partial charge >= 0.3 is 6.36 Å². The zero-order chi connectivity index (χ0) is 18.3. The fourth-order valence-electron chi connectivity index (χ4n) is 2.12. The molecule has 146 valence electrons. The molecule has 1 fully saturated rings. The molecule has 1 aromatic carbocycles. The van der Waals surface area contributed by atoms with Gasteiger partial charge in [-0.05, 0) is 17.7 Å². The molecule has 1 aromatic rings. The minimum Gasteiger partial charge on any atom is -0.406 e. The predicted molar refractivity (Wildman–Crippen MR) is 99.3 cm³/mol. The lowest BCUT2D eigenvalue weighted by atomic mass is 10.2. The largest absolute Gasteiger partial charge is 0.573 e. The molecule has 1 amide bonds. The highest BCUT2D eigenvalue weighted by Gasteiger charge is 2.30. The maximum atomic E-state index is 12.1. The lowest BCUT2D eigenvalue weighted by molar-refractivity contribution is -0.274. The first-order valence-electron chi connectivity index (χ1n) is 7.57. The van der Waals surface area contributed by atoms with E-state index in [4.69, 9.17) is 10.5 Å². The predicted octanol–water partition coefficient (Wildman–Crippen LogP) is 1.47. The first-order valence-corrected chi connectivity index (χ1v) is 7.57. The summed E-state index contributed by atoms with van der Waals surface area (Å²) in [6, 6.07) is 5.31. The van der Waals surface area contributed by atoms with E-state index < -0.39 is 6.36 Å². The molecule has 0 saturated carbocycles. The van der Waals surface area contributed by atoms with Crippen molar-refractivity contribution < 1.29 is 27.4 Å². The Hall–Kier alpha value is -1.76. The zero-order valence-electron chi connectivity index (χ0n) is 13.8. The van der Waals surface area contributed by atoms with Crippen LogP contribution in [0.5, 0.6) is 5.75 Å². The lowest BCUT2D eigenvalue weighted by Crippen LogP contribution is -2.46. The number of hydrogen-bond donors (Lipinski definition) is 2. The van der Waals surface area contributed by atoms with E-state index >= 15 is 0 Å². The van der Waals surface area contributed by atoms with Crippen LogP contribution in [0.1, 0.15) is 5.56 Å². The average Bonchev–Trinajstić information content (AvgIpc) is 2.58. The minimum atomic E-state index is -4.72. The molecule has 11 heteroatoms. The molecule has 3 N–H and O–H groups in total. The van der Waals surface area contributed by atoms with Crippen LogP contribution in [-0.2, 0) is 16.1 Å². The van der Waals surface area contributed by atoms with E-state index in [1.54, 1.807) is 4.90 Å². The van der Waals surface area contributed by atoms with Crippen molar-refractivity contribution in [1.29, 1.82) is 0 Å². The van der Waals surface area contributed by atoms with Crippen molar-refractivity contribution in [3.05, 3.63) is 29.8 Å². The number of carbonyl (C=O) groups excluding carboxylic acids is 1. The first-order chi connectivity index (χ1) is 11.8. The molecule has 26 heavy (non-hydrogen) atoms. The molecule has 1 aliphatic rings. The smallest absolute Gasteiger partial charge is 0.406 e. The summed E-state index contributed by atoms with van der Waals surface area (Å²) in [5.41, 5.74) is 6.33. The molecule has 0 atom stereocenters. The van der Waals surface area contributed by atoms with Crippen LogP contribution in [0.4, 0.5) is 13.2 Å². The fraction of sp³-hybridized carbons (Fsp3) is 0.467. The van der Waals surface area contributed by atoms with Crippen LogP contribution in [0.15, 0.2) is 29.3 Å². The second kappa shape index (κ2) is 10.4. The van der Waals surface area contributed by atoms with Gasteiger partial charge in [0.1, 0.15) is 5.75 Å². The van der Waals surface area contributed by atoms with Crippen molar-refractivity contribution in [3.8, 4) is 5.75 Å². The van der Waals surface area contributed by atoms with Crippen molar-refractivity contribution in [3.63, 3.8) is 0 Å². The third-order valence-corrected chi connectivity index (χ3v) is 3.37. The van der Waals surface area contributed by atoms with Crippen molar-refractivity contribution in [2.24, 2.45) is 10.7 Å². The topological polar surface area (TPSA) is 89.2 Å². The van der Waals surface area contributed by atoms with Crippen LogP contribution in [0.25, 0.3) is 0 Å². The third-order valence-electron chi connectivity index (χ3n) is 3.37. The average molecular weight is 488 g/mol. The maximum absolute atomic E-state index is 12.1. The molecule has 2 rings (SSSR count). The molecular weight excluding hydrogens is 468 g/mol. The second-order valence-electron chi connectivity index (χ2n) is 5.24. The van der Waals surface area contributed by atoms with E-state index in [0.29, 0.717) is 31.9 Å². The number of aliphatic imine (C=N–C) groups is 1. The van der Waals surface area contributed by atoms with Gasteiger partial charge in [0.05, 0.1) is 26.3 Å². The number of alkyl halides is 3. The molecule has 7 nitrogen and oxygen atoms in total. The zero-order valence-corrected chi connectivity index (χ0v) is 16.1. The lowest BCUT2D eigenvalue weighted by Gasteiger charge is -2.26. The van der Waals surface area contributed by atoms with Crippen LogP contribution in [0.2, 0.25) is 0 Å². The Morgan fingerprint density at radius 3 is 2.46 bits per heavy atom. The summed E-state index contributed by atoms with van der Waals surface area (Å²) in [6.45, 7) is 2.31. The summed E-state index contributed by atoms with van der Waals surface area (Å²) < 4.78 is 45.2. The SMILES string of the molecule is I.NC(=NCc1ccc(OC(F)(F)F)cc1)NCC(=O)N1CCOCC1. The molecule has 0 bridgehead atoms. The monoisotopic (exact) mass is 488 g/mol. The summed E-state index contributed by atoms with van der Waals surface area (Å²) in [5, 5.41) is 2.71. The Balaban J connectivity index is 0.00000338. The quantitative estimate of drug-likeness (QED) is 0.373. The number of halogens is 4. The van der Waals surface area contributed by atoms with E-state index in [0.717, 1.165) is 0 Å². The second-order valence-corrected chi connectivity index (χ2v) is 5.24. The number of nitrogens with one attached hydrogen (secondary N) is 1.